The Balaban J connectivity index is 1.92. The van der Waals surface area contributed by atoms with Gasteiger partial charge in [-0.05, 0) is 69.5 Å². The Morgan fingerprint density at radius 3 is 2.68 bits per heavy atom. The molecule has 1 aromatic carbocycles. The minimum Gasteiger partial charge on any atom is -0.331 e. The molecule has 0 fully saturated rings. The quantitative estimate of drug-likeness (QED) is 0.772. The fraction of sp³-hybridized carbons (Fsp3) is 0.562. The molecule has 1 N–H and O–H groups in total. The van der Waals surface area contributed by atoms with Crippen LogP contribution in [0.15, 0.2) is 18.5 Å². The molecule has 0 atom stereocenters. The van der Waals surface area contributed by atoms with Crippen LogP contribution in [-0.2, 0) is 6.54 Å². The first-order valence-corrected chi connectivity index (χ1v) is 7.35. The van der Waals surface area contributed by atoms with Gasteiger partial charge in [-0.1, -0.05) is 6.92 Å². The number of nitrogens with one attached hydrogen (secondary N) is 1. The largest absolute Gasteiger partial charge is 0.331 e. The van der Waals surface area contributed by atoms with Gasteiger partial charge < -0.3 is 9.88 Å². The summed E-state index contributed by atoms with van der Waals surface area (Å²) >= 11 is 0. The van der Waals surface area contributed by atoms with Gasteiger partial charge in [0.25, 0.3) is 0 Å². The molecule has 104 valence electrons. The monoisotopic (exact) mass is 259 g/mol. The second kappa shape index (κ2) is 6.71. The van der Waals surface area contributed by atoms with Crippen LogP contribution < -0.4 is 5.32 Å². The zero-order valence-corrected chi connectivity index (χ0v) is 12.4. The van der Waals surface area contributed by atoms with E-state index < -0.39 is 0 Å². The van der Waals surface area contributed by atoms with Crippen molar-refractivity contribution in [1.82, 2.24) is 14.9 Å². The third-order valence-corrected chi connectivity index (χ3v) is 3.67. The molecule has 0 aliphatic rings. The van der Waals surface area contributed by atoms with Crippen molar-refractivity contribution in [3.8, 4) is 0 Å². The Hall–Kier alpha value is -1.35. The van der Waals surface area contributed by atoms with Crippen LogP contribution in [0.1, 0.15) is 37.3 Å². The van der Waals surface area contributed by atoms with E-state index in [-0.39, 0.29) is 0 Å². The van der Waals surface area contributed by atoms with E-state index in [1.54, 1.807) is 0 Å². The summed E-state index contributed by atoms with van der Waals surface area (Å²) in [4.78, 5) is 4.50. The lowest BCUT2D eigenvalue weighted by molar-refractivity contribution is 0.573. The van der Waals surface area contributed by atoms with Crippen molar-refractivity contribution in [2.45, 2.75) is 46.6 Å². The van der Waals surface area contributed by atoms with Gasteiger partial charge in [-0.25, -0.2) is 4.98 Å². The Kier molecular flexibility index (Phi) is 4.97. The van der Waals surface area contributed by atoms with Crippen molar-refractivity contribution in [3.63, 3.8) is 0 Å². The van der Waals surface area contributed by atoms with Gasteiger partial charge in [0.2, 0.25) is 0 Å². The van der Waals surface area contributed by atoms with E-state index in [0.717, 1.165) is 25.2 Å². The number of nitrogens with zero attached hydrogens (tertiary/aromatic N) is 2. The lowest BCUT2D eigenvalue weighted by atomic mass is 10.1. The molecular weight excluding hydrogens is 234 g/mol. The standard InChI is InChI=1S/C16H25N3/c1-4-7-17-8-5-6-9-19-12-18-15-10-13(2)14(3)11-16(15)19/h10-12,17H,4-9H2,1-3H3. The number of hydrogen-bond donors (Lipinski definition) is 1. The molecule has 0 radical (unpaired) electrons. The fourth-order valence-electron chi connectivity index (χ4n) is 2.33. The number of benzene rings is 1. The summed E-state index contributed by atoms with van der Waals surface area (Å²) in [7, 11) is 0. The summed E-state index contributed by atoms with van der Waals surface area (Å²) in [5, 5.41) is 3.44. The Morgan fingerprint density at radius 2 is 1.89 bits per heavy atom. The van der Waals surface area contributed by atoms with Crippen LogP contribution in [0.4, 0.5) is 0 Å². The van der Waals surface area contributed by atoms with E-state index in [2.05, 4.69) is 47.8 Å². The van der Waals surface area contributed by atoms with Crippen molar-refractivity contribution in [3.05, 3.63) is 29.6 Å². The molecule has 0 saturated heterocycles. The second-order valence-electron chi connectivity index (χ2n) is 5.32. The molecule has 1 heterocycles. The molecule has 2 aromatic rings. The average Bonchev–Trinajstić information content (AvgIpc) is 2.77. The molecule has 0 amide bonds. The van der Waals surface area contributed by atoms with E-state index in [1.807, 2.05) is 6.33 Å². The maximum absolute atomic E-state index is 4.50. The normalized spacial score (nSPS) is 11.3. The molecule has 0 aliphatic carbocycles. The highest BCUT2D eigenvalue weighted by atomic mass is 15.0. The third kappa shape index (κ3) is 3.57. The van der Waals surface area contributed by atoms with Gasteiger partial charge in [-0.15, -0.1) is 0 Å². The molecule has 0 saturated carbocycles. The van der Waals surface area contributed by atoms with Gasteiger partial charge in [0.05, 0.1) is 17.4 Å². The van der Waals surface area contributed by atoms with Gasteiger partial charge in [0.15, 0.2) is 0 Å². The van der Waals surface area contributed by atoms with Crippen LogP contribution >= 0.6 is 0 Å². The molecule has 19 heavy (non-hydrogen) atoms. The summed E-state index contributed by atoms with van der Waals surface area (Å²) in [6.45, 7) is 9.83. The van der Waals surface area contributed by atoms with Crippen molar-refractivity contribution in [2.75, 3.05) is 13.1 Å². The predicted molar refractivity (Wildman–Crippen MR) is 81.6 cm³/mol. The summed E-state index contributed by atoms with van der Waals surface area (Å²) in [6, 6.07) is 4.44. The average molecular weight is 259 g/mol. The van der Waals surface area contributed by atoms with Gasteiger partial charge in [0, 0.05) is 6.54 Å². The summed E-state index contributed by atoms with van der Waals surface area (Å²) in [6.07, 6.45) is 5.62. The number of unbranched alkanes of at least 4 members (excludes halogenated alkanes) is 1. The van der Waals surface area contributed by atoms with Crippen LogP contribution in [-0.4, -0.2) is 22.6 Å². The molecule has 3 nitrogen and oxygen atoms in total. The SMILES string of the molecule is CCCNCCCCn1cnc2cc(C)c(C)cc21. The van der Waals surface area contributed by atoms with Crippen LogP contribution in [0.25, 0.3) is 11.0 Å². The maximum Gasteiger partial charge on any atom is 0.0958 e. The van der Waals surface area contributed by atoms with E-state index in [1.165, 1.54) is 35.9 Å². The zero-order chi connectivity index (χ0) is 13.7. The van der Waals surface area contributed by atoms with E-state index in [9.17, 15) is 0 Å². The second-order valence-corrected chi connectivity index (χ2v) is 5.32. The number of rotatable bonds is 7. The van der Waals surface area contributed by atoms with Gasteiger partial charge in [-0.2, -0.15) is 0 Å². The molecule has 0 spiro atoms. The lowest BCUT2D eigenvalue weighted by Gasteiger charge is -2.06. The molecular formula is C16H25N3. The molecule has 0 aliphatic heterocycles. The Morgan fingerprint density at radius 1 is 1.11 bits per heavy atom. The van der Waals surface area contributed by atoms with Gasteiger partial charge >= 0.3 is 0 Å². The van der Waals surface area contributed by atoms with E-state index in [4.69, 9.17) is 0 Å². The first kappa shape index (κ1) is 14.1. The number of imidazole rings is 1. The molecule has 1 aromatic heterocycles. The lowest BCUT2D eigenvalue weighted by Crippen LogP contribution is -2.16. The van der Waals surface area contributed by atoms with Crippen LogP contribution in [0.5, 0.6) is 0 Å². The van der Waals surface area contributed by atoms with Crippen molar-refractivity contribution < 1.29 is 0 Å². The summed E-state index contributed by atoms with van der Waals surface area (Å²) < 4.78 is 2.28. The van der Waals surface area contributed by atoms with E-state index >= 15 is 0 Å². The minimum absolute atomic E-state index is 1.06. The van der Waals surface area contributed by atoms with Crippen LogP contribution in [0, 0.1) is 13.8 Å². The Bertz CT molecular complexity index is 528. The molecule has 2 rings (SSSR count). The number of fused-ring (bicyclic) bond motifs is 1. The first-order valence-electron chi connectivity index (χ1n) is 7.35. The summed E-state index contributed by atoms with van der Waals surface area (Å²) in [5.74, 6) is 0. The number of aryl methyl sites for hydroxylation is 3. The highest BCUT2D eigenvalue weighted by Crippen LogP contribution is 2.18. The molecule has 0 bridgehead atoms. The molecule has 3 heteroatoms. The third-order valence-electron chi connectivity index (χ3n) is 3.67. The van der Waals surface area contributed by atoms with Crippen molar-refractivity contribution in [2.24, 2.45) is 0 Å². The topological polar surface area (TPSA) is 29.9 Å². The fourth-order valence-corrected chi connectivity index (χ4v) is 2.33. The Labute approximate surface area is 116 Å². The highest BCUT2D eigenvalue weighted by molar-refractivity contribution is 5.77. The zero-order valence-electron chi connectivity index (χ0n) is 12.4. The first-order chi connectivity index (χ1) is 9.22. The smallest absolute Gasteiger partial charge is 0.0958 e. The minimum atomic E-state index is 1.06. The highest BCUT2D eigenvalue weighted by Gasteiger charge is 2.04. The number of aromatic nitrogens is 2. The van der Waals surface area contributed by atoms with Crippen LogP contribution in [0.2, 0.25) is 0 Å². The van der Waals surface area contributed by atoms with E-state index in [0.29, 0.717) is 0 Å². The van der Waals surface area contributed by atoms with Crippen LogP contribution in [0.3, 0.4) is 0 Å². The summed E-state index contributed by atoms with van der Waals surface area (Å²) in [5.41, 5.74) is 5.05. The van der Waals surface area contributed by atoms with Gasteiger partial charge in [0.1, 0.15) is 0 Å². The molecule has 0 unspecified atom stereocenters. The van der Waals surface area contributed by atoms with Crippen molar-refractivity contribution >= 4 is 11.0 Å². The van der Waals surface area contributed by atoms with Crippen molar-refractivity contribution in [1.29, 1.82) is 0 Å². The predicted octanol–water partition coefficient (Wildman–Crippen LogP) is 3.43. The maximum atomic E-state index is 4.50. The van der Waals surface area contributed by atoms with Gasteiger partial charge in [-0.3, -0.25) is 0 Å². The number of hydrogen-bond acceptors (Lipinski definition) is 2.